The number of amides is 2. The van der Waals surface area contributed by atoms with Crippen LogP contribution in [0.2, 0.25) is 0 Å². The van der Waals surface area contributed by atoms with Crippen molar-refractivity contribution in [3.63, 3.8) is 0 Å². The van der Waals surface area contributed by atoms with Crippen molar-refractivity contribution < 1.29 is 9.59 Å². The van der Waals surface area contributed by atoms with Gasteiger partial charge < -0.3 is 10.6 Å². The van der Waals surface area contributed by atoms with Gasteiger partial charge in [-0.2, -0.15) is 5.10 Å². The second-order valence-electron chi connectivity index (χ2n) is 7.78. The number of nitrogens with one attached hydrogen (secondary N) is 2. The number of para-hydroxylation sites is 1. The minimum absolute atomic E-state index is 0.0907. The van der Waals surface area contributed by atoms with Crippen molar-refractivity contribution in [2.75, 3.05) is 10.6 Å². The van der Waals surface area contributed by atoms with E-state index in [1.165, 1.54) is 0 Å². The Morgan fingerprint density at radius 3 is 2.29 bits per heavy atom. The Hall–Kier alpha value is -3.74. The maximum atomic E-state index is 12.9. The van der Waals surface area contributed by atoms with Crippen LogP contribution in [0.1, 0.15) is 25.0 Å². The number of benzene rings is 2. The van der Waals surface area contributed by atoms with Gasteiger partial charge in [0.25, 0.3) is 5.56 Å². The van der Waals surface area contributed by atoms with Crippen molar-refractivity contribution in [1.82, 2.24) is 9.78 Å². The quantitative estimate of drug-likeness (QED) is 0.637. The first-order chi connectivity index (χ1) is 14.7. The van der Waals surface area contributed by atoms with E-state index < -0.39 is 5.56 Å². The van der Waals surface area contributed by atoms with Crippen LogP contribution in [0.25, 0.3) is 11.3 Å². The molecule has 0 saturated carbocycles. The standard InChI is InChI=1S/C24H26N4O3/c1-15(2)23(30)26-21-13-20(18-11-9-16(3)10-12-18)27-28(24(21)31)14-22(29)25-19-8-6-5-7-17(19)4/h5-13,15H,14H2,1-4H3,(H,25,29)(H,26,30). The molecule has 3 rings (SSSR count). The SMILES string of the molecule is Cc1ccc(-c2cc(NC(=O)C(C)C)c(=O)n(CC(=O)Nc3ccccc3C)n2)cc1. The predicted octanol–water partition coefficient (Wildman–Crippen LogP) is 3.76. The Morgan fingerprint density at radius 1 is 0.968 bits per heavy atom. The average molecular weight is 418 g/mol. The Bertz CT molecular complexity index is 1160. The molecule has 2 amide bonds. The molecule has 0 spiro atoms. The summed E-state index contributed by atoms with van der Waals surface area (Å²) in [5.74, 6) is -0.964. The molecule has 1 aromatic heterocycles. The number of rotatable bonds is 6. The summed E-state index contributed by atoms with van der Waals surface area (Å²) >= 11 is 0. The summed E-state index contributed by atoms with van der Waals surface area (Å²) in [5, 5.41) is 9.85. The molecule has 0 atom stereocenters. The minimum Gasteiger partial charge on any atom is -0.324 e. The summed E-state index contributed by atoms with van der Waals surface area (Å²) in [6, 6.07) is 16.6. The van der Waals surface area contributed by atoms with Crippen molar-refractivity contribution in [2.24, 2.45) is 5.92 Å². The fourth-order valence-corrected chi connectivity index (χ4v) is 2.92. The third-order valence-corrected chi connectivity index (χ3v) is 4.82. The summed E-state index contributed by atoms with van der Waals surface area (Å²) in [5.41, 5.74) is 3.49. The Balaban J connectivity index is 1.97. The zero-order valence-corrected chi connectivity index (χ0v) is 18.1. The van der Waals surface area contributed by atoms with Gasteiger partial charge in [0.15, 0.2) is 0 Å². The number of aromatic nitrogens is 2. The molecule has 31 heavy (non-hydrogen) atoms. The molecule has 7 nitrogen and oxygen atoms in total. The smallest absolute Gasteiger partial charge is 0.291 e. The summed E-state index contributed by atoms with van der Waals surface area (Å²) in [6.45, 7) is 7.06. The number of hydrogen-bond donors (Lipinski definition) is 2. The Morgan fingerprint density at radius 2 is 1.65 bits per heavy atom. The second kappa shape index (κ2) is 9.38. The normalized spacial score (nSPS) is 10.7. The van der Waals surface area contributed by atoms with Crippen molar-refractivity contribution >= 4 is 23.2 Å². The number of carbonyl (C=O) groups excluding carboxylic acids is 2. The average Bonchev–Trinajstić information content (AvgIpc) is 2.73. The fraction of sp³-hybridized carbons (Fsp3) is 0.250. The maximum absolute atomic E-state index is 12.9. The van der Waals surface area contributed by atoms with E-state index in [-0.39, 0.29) is 30.0 Å². The molecular formula is C24H26N4O3. The molecule has 0 aliphatic heterocycles. The number of nitrogens with zero attached hydrogens (tertiary/aromatic N) is 2. The van der Waals surface area contributed by atoms with Crippen molar-refractivity contribution in [3.05, 3.63) is 76.1 Å². The summed E-state index contributed by atoms with van der Waals surface area (Å²) in [4.78, 5) is 37.8. The van der Waals surface area contributed by atoms with Crippen LogP contribution in [0, 0.1) is 19.8 Å². The molecule has 0 radical (unpaired) electrons. The molecule has 0 saturated heterocycles. The lowest BCUT2D eigenvalue weighted by atomic mass is 10.1. The van der Waals surface area contributed by atoms with Gasteiger partial charge in [-0.25, -0.2) is 4.68 Å². The lowest BCUT2D eigenvalue weighted by Crippen LogP contribution is -2.33. The van der Waals surface area contributed by atoms with Crippen LogP contribution in [0.3, 0.4) is 0 Å². The second-order valence-corrected chi connectivity index (χ2v) is 7.78. The van der Waals surface area contributed by atoms with Crippen LogP contribution in [-0.2, 0) is 16.1 Å². The van der Waals surface area contributed by atoms with Crippen molar-refractivity contribution in [1.29, 1.82) is 0 Å². The van der Waals surface area contributed by atoms with Crippen LogP contribution in [0.4, 0.5) is 11.4 Å². The molecule has 3 aromatic rings. The van der Waals surface area contributed by atoms with Gasteiger partial charge >= 0.3 is 0 Å². The first-order valence-electron chi connectivity index (χ1n) is 10.1. The van der Waals surface area contributed by atoms with Gasteiger partial charge in [0.05, 0.1) is 5.69 Å². The molecule has 1 heterocycles. The first-order valence-corrected chi connectivity index (χ1v) is 10.1. The zero-order valence-electron chi connectivity index (χ0n) is 18.1. The number of hydrogen-bond acceptors (Lipinski definition) is 4. The fourth-order valence-electron chi connectivity index (χ4n) is 2.92. The van der Waals surface area contributed by atoms with Crippen LogP contribution in [-0.4, -0.2) is 21.6 Å². The third-order valence-electron chi connectivity index (χ3n) is 4.82. The van der Waals surface area contributed by atoms with Crippen LogP contribution >= 0.6 is 0 Å². The van der Waals surface area contributed by atoms with E-state index in [1.807, 2.05) is 56.3 Å². The Kier molecular flexibility index (Phi) is 6.65. The lowest BCUT2D eigenvalue weighted by molar-refractivity contribution is -0.119. The van der Waals surface area contributed by atoms with E-state index in [0.29, 0.717) is 11.4 Å². The molecule has 7 heteroatoms. The molecule has 0 bridgehead atoms. The number of carbonyl (C=O) groups is 2. The Labute approximate surface area is 181 Å². The molecule has 2 N–H and O–H groups in total. The van der Waals surface area contributed by atoms with Gasteiger partial charge in [-0.3, -0.25) is 14.4 Å². The van der Waals surface area contributed by atoms with Crippen molar-refractivity contribution in [2.45, 2.75) is 34.2 Å². The largest absolute Gasteiger partial charge is 0.324 e. The monoisotopic (exact) mass is 418 g/mol. The van der Waals surface area contributed by atoms with Gasteiger partial charge in [-0.1, -0.05) is 61.9 Å². The topological polar surface area (TPSA) is 93.1 Å². The predicted molar refractivity (Wildman–Crippen MR) is 122 cm³/mol. The van der Waals surface area contributed by atoms with E-state index in [4.69, 9.17) is 0 Å². The van der Waals surface area contributed by atoms with Crippen LogP contribution in [0.5, 0.6) is 0 Å². The number of anilines is 2. The highest BCUT2D eigenvalue weighted by Gasteiger charge is 2.16. The van der Waals surface area contributed by atoms with Crippen LogP contribution in [0.15, 0.2) is 59.4 Å². The summed E-state index contributed by atoms with van der Waals surface area (Å²) in [7, 11) is 0. The lowest BCUT2D eigenvalue weighted by Gasteiger charge is -2.13. The highest BCUT2D eigenvalue weighted by Crippen LogP contribution is 2.19. The van der Waals surface area contributed by atoms with Crippen LogP contribution < -0.4 is 16.2 Å². The number of aryl methyl sites for hydroxylation is 2. The zero-order chi connectivity index (χ0) is 22.5. The maximum Gasteiger partial charge on any atom is 0.291 e. The highest BCUT2D eigenvalue weighted by atomic mass is 16.2. The molecular weight excluding hydrogens is 392 g/mol. The van der Waals surface area contributed by atoms with Crippen molar-refractivity contribution in [3.8, 4) is 11.3 Å². The highest BCUT2D eigenvalue weighted by molar-refractivity contribution is 5.93. The minimum atomic E-state index is -0.537. The van der Waals surface area contributed by atoms with E-state index in [0.717, 1.165) is 21.4 Å². The molecule has 0 aliphatic carbocycles. The molecule has 0 fully saturated rings. The van der Waals surface area contributed by atoms with Gasteiger partial charge in [-0.15, -0.1) is 0 Å². The molecule has 0 unspecified atom stereocenters. The van der Waals surface area contributed by atoms with E-state index in [9.17, 15) is 14.4 Å². The van der Waals surface area contributed by atoms with E-state index in [1.54, 1.807) is 26.0 Å². The van der Waals surface area contributed by atoms with E-state index >= 15 is 0 Å². The third kappa shape index (κ3) is 5.45. The molecule has 0 aliphatic rings. The molecule has 2 aromatic carbocycles. The molecule has 160 valence electrons. The van der Waals surface area contributed by atoms with Gasteiger partial charge in [0, 0.05) is 17.2 Å². The van der Waals surface area contributed by atoms with Gasteiger partial charge in [-0.05, 0) is 31.5 Å². The van der Waals surface area contributed by atoms with Gasteiger partial charge in [0.1, 0.15) is 12.2 Å². The van der Waals surface area contributed by atoms with E-state index in [2.05, 4.69) is 15.7 Å². The summed E-state index contributed by atoms with van der Waals surface area (Å²) < 4.78 is 1.08. The summed E-state index contributed by atoms with van der Waals surface area (Å²) in [6.07, 6.45) is 0. The van der Waals surface area contributed by atoms with Gasteiger partial charge in [0.2, 0.25) is 11.8 Å². The first kappa shape index (κ1) is 22.0.